The predicted molar refractivity (Wildman–Crippen MR) is 281 cm³/mol. The van der Waals surface area contributed by atoms with Crippen molar-refractivity contribution in [1.29, 1.82) is 0 Å². The molecule has 22 nitrogen and oxygen atoms in total. The van der Waals surface area contributed by atoms with Gasteiger partial charge in [-0.1, -0.05) is 97.1 Å². The van der Waals surface area contributed by atoms with Gasteiger partial charge in [-0.15, -0.1) is 0 Å². The minimum absolute atomic E-state index is 0.0341. The number of rotatable bonds is 24. The van der Waals surface area contributed by atoms with E-state index in [0.717, 1.165) is 37.1 Å². The van der Waals surface area contributed by atoms with E-state index < -0.39 is 114 Å². The topological polar surface area (TPSA) is 365 Å². The molecule has 1 aliphatic rings. The summed E-state index contributed by atoms with van der Waals surface area (Å²) >= 11 is 0. The summed E-state index contributed by atoms with van der Waals surface area (Å²) in [5, 5.41) is 28.0. The highest BCUT2D eigenvalue weighted by Crippen LogP contribution is 2.19. The summed E-state index contributed by atoms with van der Waals surface area (Å²) in [6.07, 6.45) is 3.09. The van der Waals surface area contributed by atoms with Crippen molar-refractivity contribution in [3.05, 3.63) is 35.9 Å². The molecule has 8 amide bonds. The Balaban J connectivity index is 2.68. The van der Waals surface area contributed by atoms with E-state index in [1.54, 1.807) is 30.3 Å². The van der Waals surface area contributed by atoms with Crippen molar-refractivity contribution in [2.45, 2.75) is 174 Å². The second-order valence-corrected chi connectivity index (χ2v) is 20.3. The number of carbonyl (C=O) groups excluding carboxylic acids is 9. The van der Waals surface area contributed by atoms with E-state index in [4.69, 9.17) is 22.9 Å². The predicted octanol–water partition coefficient (Wildman–Crippen LogP) is -0.177. The molecule has 22 heteroatoms. The second-order valence-electron chi connectivity index (χ2n) is 20.3. The average molecular weight is 1040 g/mol. The zero-order valence-corrected chi connectivity index (χ0v) is 44.6. The van der Waals surface area contributed by atoms with Crippen LogP contribution in [0.25, 0.3) is 0 Å². The summed E-state index contributed by atoms with van der Waals surface area (Å²) < 4.78 is 0. The molecule has 1 fully saturated rings. The van der Waals surface area contributed by atoms with Crippen molar-refractivity contribution in [2.24, 2.45) is 46.6 Å². The number of unbranched alkanes of at least 4 members (excludes halogenated alkanes) is 4. The molecule has 1 aromatic carbocycles. The molecular weight excluding hydrogens is 953 g/mol. The van der Waals surface area contributed by atoms with Crippen molar-refractivity contribution in [1.82, 2.24) is 42.3 Å². The highest BCUT2D eigenvalue weighted by molar-refractivity contribution is 5.97. The molecule has 418 valence electrons. The Morgan fingerprint density at radius 2 is 1.15 bits per heavy atom. The fraction of sp³-hybridized carbons (Fsp3) is 0.712. The van der Waals surface area contributed by atoms with Crippen LogP contribution in [0.3, 0.4) is 0 Å². The monoisotopic (exact) mass is 1040 g/mol. The van der Waals surface area contributed by atoms with E-state index in [2.05, 4.69) is 44.3 Å². The van der Waals surface area contributed by atoms with Gasteiger partial charge in [0.2, 0.25) is 47.3 Å². The second kappa shape index (κ2) is 35.6. The first kappa shape index (κ1) is 64.6. The van der Waals surface area contributed by atoms with Gasteiger partial charge in [0.05, 0.1) is 25.1 Å². The van der Waals surface area contributed by atoms with E-state index in [0.29, 0.717) is 12.0 Å². The largest absolute Gasteiger partial charge is 0.393 e. The molecule has 0 aromatic heterocycles. The number of nitrogens with two attached hydrogens (primary N) is 4. The standard InChI is InChI=1S/C52H90N12O10/c1-6-7-8-9-13-16-38(65)32-45(67)63-64(26-24-56)46(68)31-36-20-25-57-49(71)42(27-33(2)3)62-51(73)41(19-23-55)59-50(72)40(18-22-54)60-52(74)43(28-34(4)5)61-48(70)37(29-35-14-11-10-12-15-35)30-44(66)39(17-21-53)58-47(36)69/h10-12,14-15,33-34,36-43,65H,6-9,13,16-32,53-56H2,1-5H3,(H,57,71)(H,58,69)(H,59,72)(H,60,74)(H,61,70)(H,62,73)(H,63,67)/t36-,37+,38-,39+,40+,41+,42+,43+/m1/s1. The molecular formula is C52H90N12O10. The van der Waals surface area contributed by atoms with Crippen LogP contribution in [0, 0.1) is 23.7 Å². The first-order chi connectivity index (χ1) is 35.3. The summed E-state index contributed by atoms with van der Waals surface area (Å²) in [4.78, 5) is 126. The highest BCUT2D eigenvalue weighted by Gasteiger charge is 2.36. The maximum absolute atomic E-state index is 14.5. The lowest BCUT2D eigenvalue weighted by Crippen LogP contribution is -2.59. The van der Waals surface area contributed by atoms with Gasteiger partial charge < -0.3 is 59.9 Å². The van der Waals surface area contributed by atoms with Crippen LogP contribution in [0.15, 0.2) is 30.3 Å². The molecule has 0 saturated carbocycles. The van der Waals surface area contributed by atoms with Gasteiger partial charge in [-0.25, -0.2) is 0 Å². The first-order valence-corrected chi connectivity index (χ1v) is 26.7. The molecule has 1 saturated heterocycles. The van der Waals surface area contributed by atoms with Crippen LogP contribution in [-0.4, -0.2) is 139 Å². The van der Waals surface area contributed by atoms with E-state index in [9.17, 15) is 48.3 Å². The highest BCUT2D eigenvalue weighted by atomic mass is 16.3. The van der Waals surface area contributed by atoms with Gasteiger partial charge in [0.25, 0.3) is 0 Å². The van der Waals surface area contributed by atoms with Gasteiger partial charge in [0, 0.05) is 37.8 Å². The Hall–Kier alpha value is -5.55. The number of benzene rings is 1. The van der Waals surface area contributed by atoms with E-state index in [1.807, 2.05) is 27.7 Å². The number of nitrogens with zero attached hydrogens (tertiary/aromatic N) is 1. The quantitative estimate of drug-likeness (QED) is 0.0473. The van der Waals surface area contributed by atoms with Crippen LogP contribution in [0.2, 0.25) is 0 Å². The lowest BCUT2D eigenvalue weighted by Gasteiger charge is -2.28. The Bertz CT molecular complexity index is 1920. The Labute approximate surface area is 437 Å². The normalized spacial score (nSPS) is 22.7. The van der Waals surface area contributed by atoms with Gasteiger partial charge in [-0.3, -0.25) is 53.6 Å². The average Bonchev–Trinajstić information content (AvgIpc) is 3.34. The maximum Gasteiger partial charge on any atom is 0.243 e. The van der Waals surface area contributed by atoms with Gasteiger partial charge in [0.1, 0.15) is 24.2 Å². The maximum atomic E-state index is 14.5. The van der Waals surface area contributed by atoms with Gasteiger partial charge in [-0.05, 0) is 88.4 Å². The molecule has 1 heterocycles. The third-order valence-electron chi connectivity index (χ3n) is 12.7. The fourth-order valence-electron chi connectivity index (χ4n) is 8.70. The molecule has 1 aromatic rings. The van der Waals surface area contributed by atoms with Crippen LogP contribution >= 0.6 is 0 Å². The lowest BCUT2D eigenvalue weighted by molar-refractivity contribution is -0.144. The summed E-state index contributed by atoms with van der Waals surface area (Å²) in [7, 11) is 0. The summed E-state index contributed by atoms with van der Waals surface area (Å²) in [5.41, 5.74) is 26.9. The van der Waals surface area contributed by atoms with Crippen LogP contribution in [-0.2, 0) is 49.6 Å². The number of hydrogen-bond donors (Lipinski definition) is 12. The van der Waals surface area contributed by atoms with Crippen LogP contribution in [0.4, 0.5) is 0 Å². The SMILES string of the molecule is CCCCCCC[C@@H](O)CC(=O)NN(CCN)C(=O)C[C@H]1CCNC(=O)[C@H](CC(C)C)NC(=O)[C@H](CCN)NC(=O)[C@H](CCN)NC(=O)[C@H](CC(C)C)NC(=O)[C@@H](Cc2ccccc2)CC(=O)[C@H](CCN)NC1=O. The number of aliphatic hydroxyl groups is 1. The number of amides is 8. The Morgan fingerprint density at radius 3 is 1.70 bits per heavy atom. The third-order valence-corrected chi connectivity index (χ3v) is 12.7. The van der Waals surface area contributed by atoms with Crippen molar-refractivity contribution in [3.63, 3.8) is 0 Å². The number of aliphatic hydroxyl groups excluding tert-OH is 1. The molecule has 0 radical (unpaired) electrons. The van der Waals surface area contributed by atoms with Crippen LogP contribution in [0.1, 0.15) is 136 Å². The number of ketones is 1. The molecule has 0 bridgehead atoms. The molecule has 0 spiro atoms. The fourth-order valence-corrected chi connectivity index (χ4v) is 8.70. The van der Waals surface area contributed by atoms with Crippen molar-refractivity contribution >= 4 is 53.0 Å². The van der Waals surface area contributed by atoms with Crippen molar-refractivity contribution in [2.75, 3.05) is 39.3 Å². The Morgan fingerprint density at radius 1 is 0.649 bits per heavy atom. The van der Waals surface area contributed by atoms with Gasteiger partial charge in [-0.2, -0.15) is 0 Å². The smallest absolute Gasteiger partial charge is 0.243 e. The molecule has 1 aliphatic heterocycles. The molecule has 2 rings (SSSR count). The molecule has 0 unspecified atom stereocenters. The summed E-state index contributed by atoms with van der Waals surface area (Å²) in [6, 6.07) is 2.87. The minimum Gasteiger partial charge on any atom is -0.393 e. The lowest BCUT2D eigenvalue weighted by atomic mass is 9.89. The third kappa shape index (κ3) is 24.7. The first-order valence-electron chi connectivity index (χ1n) is 26.7. The summed E-state index contributed by atoms with van der Waals surface area (Å²) in [6.45, 7) is 8.93. The number of hydrogen-bond acceptors (Lipinski definition) is 14. The zero-order valence-electron chi connectivity index (χ0n) is 44.6. The molecule has 74 heavy (non-hydrogen) atoms. The number of nitrogens with one attached hydrogen (secondary N) is 7. The van der Waals surface area contributed by atoms with Crippen molar-refractivity contribution in [3.8, 4) is 0 Å². The van der Waals surface area contributed by atoms with E-state index >= 15 is 0 Å². The van der Waals surface area contributed by atoms with Crippen molar-refractivity contribution < 1.29 is 48.3 Å². The number of Topliss-reactive ketones (excluding diaryl/α,β-unsaturated/α-hetero) is 1. The number of hydrazine groups is 1. The molecule has 16 N–H and O–H groups in total. The zero-order chi connectivity index (χ0) is 55.2. The van der Waals surface area contributed by atoms with E-state index in [-0.39, 0.29) is 102 Å². The molecule has 8 atom stereocenters. The van der Waals surface area contributed by atoms with Crippen LogP contribution < -0.4 is 60.3 Å². The minimum atomic E-state index is -1.24. The summed E-state index contributed by atoms with van der Waals surface area (Å²) in [5.74, 6) is -8.66. The van der Waals surface area contributed by atoms with E-state index in [1.165, 1.54) is 0 Å². The van der Waals surface area contributed by atoms with Gasteiger partial charge in [0.15, 0.2) is 5.78 Å². The van der Waals surface area contributed by atoms with Crippen LogP contribution in [0.5, 0.6) is 0 Å². The van der Waals surface area contributed by atoms with Gasteiger partial charge >= 0.3 is 0 Å². The number of carbonyl (C=O) groups is 9. The Kier molecular flexibility index (Phi) is 31.1. The molecule has 0 aliphatic carbocycles.